The van der Waals surface area contributed by atoms with Crippen LogP contribution in [0.3, 0.4) is 0 Å². The average molecular weight is 547 g/mol. The molecule has 3 rings (SSSR count). The number of ether oxygens (including phenoxy) is 1. The summed E-state index contributed by atoms with van der Waals surface area (Å²) in [6.45, 7) is 4.64. The molecule has 9 nitrogen and oxygen atoms in total. The van der Waals surface area contributed by atoms with Gasteiger partial charge in [-0.3, -0.25) is 0 Å². The maximum atomic E-state index is 12.9. The number of benzene rings is 2. The van der Waals surface area contributed by atoms with E-state index in [1.165, 1.54) is 13.2 Å². The van der Waals surface area contributed by atoms with Crippen molar-refractivity contribution in [3.05, 3.63) is 70.8 Å². The summed E-state index contributed by atoms with van der Waals surface area (Å²) in [5, 5.41) is 2.61. The fourth-order valence-electron chi connectivity index (χ4n) is 3.82. The van der Waals surface area contributed by atoms with Crippen molar-refractivity contribution in [2.75, 3.05) is 13.7 Å². The molecule has 0 spiro atoms. The Morgan fingerprint density at radius 3 is 2.41 bits per heavy atom. The summed E-state index contributed by atoms with van der Waals surface area (Å²) in [5.74, 6) is 0.131. The number of nitrogens with one attached hydrogen (secondary N) is 2. The summed E-state index contributed by atoms with van der Waals surface area (Å²) in [6, 6.07) is 13.0. The smallest absolute Gasteiger partial charge is 0.357 e. The van der Waals surface area contributed by atoms with E-state index < -0.39 is 22.0 Å². The molecule has 0 bridgehead atoms. The second-order valence-electron chi connectivity index (χ2n) is 8.40. The molecule has 11 heteroatoms. The molecule has 198 valence electrons. The minimum atomic E-state index is -4.10. The summed E-state index contributed by atoms with van der Waals surface area (Å²) in [6.07, 6.45) is 3.20. The Bertz CT molecular complexity index is 1350. The first-order chi connectivity index (χ1) is 17.7. The second-order valence-corrected chi connectivity index (χ2v) is 10.4. The van der Waals surface area contributed by atoms with Crippen molar-refractivity contribution in [3.63, 3.8) is 0 Å². The first kappa shape index (κ1) is 28.2. The fourth-order valence-corrected chi connectivity index (χ4v) is 5.25. The maximum Gasteiger partial charge on any atom is 0.357 e. The number of esters is 1. The van der Waals surface area contributed by atoms with Crippen LogP contribution in [0.15, 0.2) is 53.4 Å². The number of nitrogens with zero attached hydrogens (tertiary/aromatic N) is 2. The first-order valence-corrected chi connectivity index (χ1v) is 13.9. The summed E-state index contributed by atoms with van der Waals surface area (Å²) in [7, 11) is -2.80. The number of imidazole rings is 1. The highest BCUT2D eigenvalue weighted by Crippen LogP contribution is 2.28. The Hall–Kier alpha value is -3.37. The van der Waals surface area contributed by atoms with Crippen molar-refractivity contribution < 1.29 is 22.7 Å². The van der Waals surface area contributed by atoms with E-state index in [0.717, 1.165) is 18.4 Å². The third-order valence-corrected chi connectivity index (χ3v) is 7.33. The number of aromatic nitrogens is 2. The molecule has 0 radical (unpaired) electrons. The highest BCUT2D eigenvalue weighted by Gasteiger charge is 2.24. The monoisotopic (exact) mass is 546 g/mol. The Balaban J connectivity index is 1.91. The molecule has 0 atom stereocenters. The normalized spacial score (nSPS) is 11.2. The molecule has 2 amide bonds. The zero-order valence-electron chi connectivity index (χ0n) is 21.1. The van der Waals surface area contributed by atoms with Gasteiger partial charge in [0.25, 0.3) is 10.0 Å². The molecule has 0 saturated carbocycles. The molecule has 1 heterocycles. The molecular formula is C26H31ClN4O5S. The molecule has 2 aromatic carbocycles. The van der Waals surface area contributed by atoms with Crippen molar-refractivity contribution in [1.29, 1.82) is 0 Å². The number of carbonyl (C=O) groups is 2. The van der Waals surface area contributed by atoms with Crippen LogP contribution in [0.5, 0.6) is 0 Å². The van der Waals surface area contributed by atoms with Crippen LogP contribution in [-0.4, -0.2) is 43.6 Å². The molecule has 0 fully saturated rings. The summed E-state index contributed by atoms with van der Waals surface area (Å²) < 4.78 is 34.6. The molecule has 0 aliphatic carbocycles. The van der Waals surface area contributed by atoms with Gasteiger partial charge in [-0.2, -0.15) is 0 Å². The predicted octanol–water partition coefficient (Wildman–Crippen LogP) is 4.78. The lowest BCUT2D eigenvalue weighted by Gasteiger charge is -2.14. The number of hydrogen-bond acceptors (Lipinski definition) is 6. The molecule has 0 aliphatic rings. The van der Waals surface area contributed by atoms with Gasteiger partial charge in [0.2, 0.25) is 0 Å². The Kier molecular flexibility index (Phi) is 9.71. The van der Waals surface area contributed by atoms with Crippen LogP contribution in [0.4, 0.5) is 4.79 Å². The fraction of sp³-hybridized carbons (Fsp3) is 0.346. The number of methoxy groups -OCH3 is 1. The van der Waals surface area contributed by atoms with Crippen molar-refractivity contribution in [2.24, 2.45) is 0 Å². The molecule has 37 heavy (non-hydrogen) atoms. The van der Waals surface area contributed by atoms with E-state index in [2.05, 4.69) is 21.9 Å². The number of unbranched alkanes of at least 4 members (excludes halogenated alkanes) is 1. The summed E-state index contributed by atoms with van der Waals surface area (Å²) in [4.78, 5) is 28.7. The van der Waals surface area contributed by atoms with Crippen LogP contribution in [0, 0.1) is 0 Å². The topological polar surface area (TPSA) is 119 Å². The molecule has 1 aromatic heterocycles. The minimum Gasteiger partial charge on any atom is -0.464 e. The van der Waals surface area contributed by atoms with Gasteiger partial charge in [-0.15, -0.1) is 0 Å². The highest BCUT2D eigenvalue weighted by molar-refractivity contribution is 7.90. The van der Waals surface area contributed by atoms with Gasteiger partial charge in [0.05, 0.1) is 12.0 Å². The number of urea groups is 1. The van der Waals surface area contributed by atoms with Crippen LogP contribution in [0.1, 0.15) is 55.0 Å². The van der Waals surface area contributed by atoms with E-state index in [-0.39, 0.29) is 15.7 Å². The number of sulfonamides is 1. The van der Waals surface area contributed by atoms with Gasteiger partial charge in [0, 0.05) is 25.1 Å². The average Bonchev–Trinajstić information content (AvgIpc) is 3.20. The molecule has 2 N–H and O–H groups in total. The quantitative estimate of drug-likeness (QED) is 0.334. The van der Waals surface area contributed by atoms with Gasteiger partial charge in [-0.25, -0.2) is 27.7 Å². The lowest BCUT2D eigenvalue weighted by Crippen LogP contribution is -2.39. The number of rotatable bonds is 11. The Morgan fingerprint density at radius 2 is 1.76 bits per heavy atom. The lowest BCUT2D eigenvalue weighted by molar-refractivity contribution is 0.0588. The van der Waals surface area contributed by atoms with Crippen LogP contribution in [0.2, 0.25) is 5.15 Å². The van der Waals surface area contributed by atoms with Crippen LogP contribution >= 0.6 is 11.6 Å². The van der Waals surface area contributed by atoms with Gasteiger partial charge >= 0.3 is 12.0 Å². The van der Waals surface area contributed by atoms with E-state index in [4.69, 9.17) is 16.3 Å². The third kappa shape index (κ3) is 6.90. The number of carbonyl (C=O) groups excluding carboxylic acids is 2. The summed E-state index contributed by atoms with van der Waals surface area (Å²) >= 11 is 6.27. The van der Waals surface area contributed by atoms with E-state index in [9.17, 15) is 18.0 Å². The van der Waals surface area contributed by atoms with Crippen molar-refractivity contribution in [3.8, 4) is 11.1 Å². The van der Waals surface area contributed by atoms with E-state index in [0.29, 0.717) is 42.9 Å². The number of halogens is 1. The number of hydrogen-bond donors (Lipinski definition) is 2. The number of aryl methyl sites for hydroxylation is 1. The predicted molar refractivity (Wildman–Crippen MR) is 142 cm³/mol. The van der Waals surface area contributed by atoms with Gasteiger partial charge in [0.15, 0.2) is 10.8 Å². The number of amides is 2. The zero-order chi connectivity index (χ0) is 27.0. The Labute approximate surface area is 222 Å². The molecular weight excluding hydrogens is 516 g/mol. The Morgan fingerprint density at radius 1 is 1.05 bits per heavy atom. The van der Waals surface area contributed by atoms with Crippen LogP contribution in [-0.2, 0) is 27.7 Å². The molecule has 0 aliphatic heterocycles. The van der Waals surface area contributed by atoms with Gasteiger partial charge in [0.1, 0.15) is 5.82 Å². The van der Waals surface area contributed by atoms with Crippen molar-refractivity contribution >= 4 is 33.6 Å². The standard InChI is InChI=1S/C26H31ClN4O5S/c1-4-6-11-22-29-24(27)23(25(32)36-3)31(22)17-18-12-14-19(15-13-18)20-9-7-8-10-21(20)37(34,35)30-26(33)28-16-5-2/h7-10,12-15H,4-6,11,16-17H2,1-3H3,(H2,28,30,33). The first-order valence-electron chi connectivity index (χ1n) is 12.0. The van der Waals surface area contributed by atoms with E-state index >= 15 is 0 Å². The van der Waals surface area contributed by atoms with Crippen LogP contribution in [0.25, 0.3) is 11.1 Å². The highest BCUT2D eigenvalue weighted by atomic mass is 35.5. The van der Waals surface area contributed by atoms with E-state index in [1.54, 1.807) is 34.9 Å². The maximum absolute atomic E-state index is 12.9. The summed E-state index contributed by atoms with van der Waals surface area (Å²) in [5.41, 5.74) is 2.16. The van der Waals surface area contributed by atoms with Crippen LogP contribution < -0.4 is 10.0 Å². The molecule has 3 aromatic rings. The molecule has 0 saturated heterocycles. The SMILES string of the molecule is CCCCc1nc(Cl)c(C(=O)OC)n1Cc1ccc(-c2ccccc2S(=O)(=O)NC(=O)NCCC)cc1. The van der Waals surface area contributed by atoms with Gasteiger partial charge in [-0.05, 0) is 30.0 Å². The van der Waals surface area contributed by atoms with Gasteiger partial charge < -0.3 is 14.6 Å². The zero-order valence-corrected chi connectivity index (χ0v) is 22.7. The third-order valence-electron chi connectivity index (χ3n) is 5.68. The van der Waals surface area contributed by atoms with E-state index in [1.807, 2.05) is 19.1 Å². The second kappa shape index (κ2) is 12.7. The lowest BCUT2D eigenvalue weighted by atomic mass is 10.0. The molecule has 0 unspecified atom stereocenters. The van der Waals surface area contributed by atoms with Crippen molar-refractivity contribution in [2.45, 2.75) is 51.0 Å². The van der Waals surface area contributed by atoms with Gasteiger partial charge in [-0.1, -0.05) is 74.3 Å². The largest absolute Gasteiger partial charge is 0.464 e. The van der Waals surface area contributed by atoms with Crippen molar-refractivity contribution in [1.82, 2.24) is 19.6 Å². The minimum absolute atomic E-state index is 0.00869.